The average Bonchev–Trinajstić information content (AvgIpc) is 2.85. The van der Waals surface area contributed by atoms with E-state index in [4.69, 9.17) is 5.11 Å². The number of nitrogens with zero attached hydrogens (tertiary/aromatic N) is 1. The summed E-state index contributed by atoms with van der Waals surface area (Å²) < 4.78 is 0. The van der Waals surface area contributed by atoms with Gasteiger partial charge in [0.1, 0.15) is 0 Å². The number of piperidine rings is 1. The summed E-state index contributed by atoms with van der Waals surface area (Å²) in [7, 11) is 0. The van der Waals surface area contributed by atoms with Crippen molar-refractivity contribution in [2.75, 3.05) is 19.6 Å². The number of rotatable bonds is 4. The summed E-state index contributed by atoms with van der Waals surface area (Å²) in [6.45, 7) is 3.39. The largest absolute Gasteiger partial charge is 0.481 e. The first-order chi connectivity index (χ1) is 6.70. The van der Waals surface area contributed by atoms with Crippen LogP contribution in [0.25, 0.3) is 0 Å². The van der Waals surface area contributed by atoms with Crippen molar-refractivity contribution in [1.29, 1.82) is 0 Å². The topological polar surface area (TPSA) is 40.5 Å². The Kier molecular flexibility index (Phi) is 2.77. The predicted octanol–water partition coefficient (Wildman–Crippen LogP) is 1.73. The Balaban J connectivity index is 1.80. The van der Waals surface area contributed by atoms with Crippen molar-refractivity contribution in [1.82, 2.24) is 4.90 Å². The fraction of sp³-hybridized carbons (Fsp3) is 0.909. The Morgan fingerprint density at radius 2 is 1.86 bits per heavy atom. The Morgan fingerprint density at radius 1 is 1.21 bits per heavy atom. The highest BCUT2D eigenvalue weighted by atomic mass is 16.4. The lowest BCUT2D eigenvalue weighted by atomic mass is 10.0. The van der Waals surface area contributed by atoms with Crippen LogP contribution in [-0.4, -0.2) is 35.6 Å². The van der Waals surface area contributed by atoms with Crippen molar-refractivity contribution in [3.05, 3.63) is 0 Å². The highest BCUT2D eigenvalue weighted by Crippen LogP contribution is 2.49. The van der Waals surface area contributed by atoms with Crippen molar-refractivity contribution in [3.8, 4) is 0 Å². The molecule has 0 spiro atoms. The normalized spacial score (nSPS) is 26.0. The minimum atomic E-state index is -0.625. The van der Waals surface area contributed by atoms with E-state index in [2.05, 4.69) is 4.90 Å². The highest BCUT2D eigenvalue weighted by molar-refractivity contribution is 5.68. The number of carbonyl (C=O) groups is 1. The van der Waals surface area contributed by atoms with Gasteiger partial charge in [0.05, 0.1) is 6.42 Å². The molecular weight excluding hydrogens is 178 g/mol. The van der Waals surface area contributed by atoms with Gasteiger partial charge in [-0.2, -0.15) is 0 Å². The smallest absolute Gasteiger partial charge is 0.303 e. The number of hydrogen-bond donors (Lipinski definition) is 1. The summed E-state index contributed by atoms with van der Waals surface area (Å²) in [4.78, 5) is 13.1. The average molecular weight is 197 g/mol. The van der Waals surface area contributed by atoms with Gasteiger partial charge in [-0.05, 0) is 44.2 Å². The van der Waals surface area contributed by atoms with E-state index in [1.54, 1.807) is 0 Å². The predicted molar refractivity (Wildman–Crippen MR) is 54.2 cm³/mol. The molecule has 0 unspecified atom stereocenters. The molecule has 2 fully saturated rings. The lowest BCUT2D eigenvalue weighted by Crippen LogP contribution is -2.35. The number of carboxylic acids is 1. The van der Waals surface area contributed by atoms with E-state index in [0.717, 1.165) is 19.4 Å². The standard InChI is InChI=1S/C11H19NO2/c13-10(14)8-11(4-5-11)9-12-6-2-1-3-7-12/h1-9H2,(H,13,14). The lowest BCUT2D eigenvalue weighted by Gasteiger charge is -2.29. The summed E-state index contributed by atoms with van der Waals surface area (Å²) in [5.74, 6) is -0.625. The molecule has 0 radical (unpaired) electrons. The van der Waals surface area contributed by atoms with Gasteiger partial charge in [-0.1, -0.05) is 6.42 Å². The molecule has 1 N–H and O–H groups in total. The third-order valence-corrected chi connectivity index (χ3v) is 3.49. The summed E-state index contributed by atoms with van der Waals surface area (Å²) in [5.41, 5.74) is 0.156. The minimum Gasteiger partial charge on any atom is -0.481 e. The molecule has 0 aromatic rings. The zero-order valence-electron chi connectivity index (χ0n) is 8.67. The SMILES string of the molecule is O=C(O)CC1(CN2CCCCC2)CC1. The van der Waals surface area contributed by atoms with Gasteiger partial charge in [-0.3, -0.25) is 4.79 Å². The van der Waals surface area contributed by atoms with Crippen LogP contribution in [0.5, 0.6) is 0 Å². The summed E-state index contributed by atoms with van der Waals surface area (Å²) in [5, 5.41) is 8.80. The van der Waals surface area contributed by atoms with E-state index in [1.807, 2.05) is 0 Å². The van der Waals surface area contributed by atoms with Crippen molar-refractivity contribution in [2.45, 2.75) is 38.5 Å². The molecule has 1 saturated carbocycles. The molecule has 3 nitrogen and oxygen atoms in total. The van der Waals surface area contributed by atoms with Crippen LogP contribution >= 0.6 is 0 Å². The van der Waals surface area contributed by atoms with Gasteiger partial charge in [0.15, 0.2) is 0 Å². The van der Waals surface area contributed by atoms with Gasteiger partial charge >= 0.3 is 5.97 Å². The van der Waals surface area contributed by atoms with Gasteiger partial charge in [-0.25, -0.2) is 0 Å². The van der Waals surface area contributed by atoms with E-state index in [1.165, 1.54) is 32.4 Å². The van der Waals surface area contributed by atoms with Crippen molar-refractivity contribution < 1.29 is 9.90 Å². The van der Waals surface area contributed by atoms with E-state index in [9.17, 15) is 4.79 Å². The van der Waals surface area contributed by atoms with Crippen LogP contribution in [0, 0.1) is 5.41 Å². The molecule has 1 heterocycles. The molecular formula is C11H19NO2. The fourth-order valence-electron chi connectivity index (χ4n) is 2.48. The molecule has 80 valence electrons. The van der Waals surface area contributed by atoms with Crippen molar-refractivity contribution >= 4 is 5.97 Å². The number of aliphatic carboxylic acids is 1. The van der Waals surface area contributed by atoms with Crippen molar-refractivity contribution in [3.63, 3.8) is 0 Å². The molecule has 0 aromatic carbocycles. The zero-order chi connectivity index (χ0) is 10.0. The molecule has 2 aliphatic rings. The van der Waals surface area contributed by atoms with E-state index < -0.39 is 5.97 Å². The Morgan fingerprint density at radius 3 is 2.36 bits per heavy atom. The van der Waals surface area contributed by atoms with Crippen LogP contribution in [0.15, 0.2) is 0 Å². The zero-order valence-corrected chi connectivity index (χ0v) is 8.67. The van der Waals surface area contributed by atoms with Crippen LogP contribution in [-0.2, 0) is 4.79 Å². The second kappa shape index (κ2) is 3.89. The minimum absolute atomic E-state index is 0.156. The fourth-order valence-corrected chi connectivity index (χ4v) is 2.48. The lowest BCUT2D eigenvalue weighted by molar-refractivity contribution is -0.138. The first-order valence-electron chi connectivity index (χ1n) is 5.64. The maximum atomic E-state index is 10.7. The monoisotopic (exact) mass is 197 g/mol. The molecule has 0 bridgehead atoms. The maximum Gasteiger partial charge on any atom is 0.303 e. The first kappa shape index (κ1) is 9.97. The van der Waals surface area contributed by atoms with Crippen LogP contribution in [0.4, 0.5) is 0 Å². The van der Waals surface area contributed by atoms with Crippen LogP contribution < -0.4 is 0 Å². The molecule has 1 aliphatic carbocycles. The van der Waals surface area contributed by atoms with Gasteiger partial charge in [0, 0.05) is 6.54 Å². The molecule has 0 amide bonds. The molecule has 0 aromatic heterocycles. The van der Waals surface area contributed by atoms with Gasteiger partial charge in [-0.15, -0.1) is 0 Å². The Labute approximate surface area is 85.1 Å². The van der Waals surface area contributed by atoms with Crippen LogP contribution in [0.3, 0.4) is 0 Å². The van der Waals surface area contributed by atoms with E-state index >= 15 is 0 Å². The number of carboxylic acid groups (broad SMARTS) is 1. The van der Waals surface area contributed by atoms with Gasteiger partial charge in [0.25, 0.3) is 0 Å². The molecule has 0 atom stereocenters. The van der Waals surface area contributed by atoms with Gasteiger partial charge < -0.3 is 10.0 Å². The first-order valence-corrected chi connectivity index (χ1v) is 5.64. The molecule has 2 rings (SSSR count). The molecule has 3 heteroatoms. The molecule has 14 heavy (non-hydrogen) atoms. The summed E-state index contributed by atoms with van der Waals surface area (Å²) >= 11 is 0. The number of likely N-dealkylation sites (tertiary alicyclic amines) is 1. The van der Waals surface area contributed by atoms with Crippen molar-refractivity contribution in [2.24, 2.45) is 5.41 Å². The van der Waals surface area contributed by atoms with E-state index in [-0.39, 0.29) is 5.41 Å². The highest BCUT2D eigenvalue weighted by Gasteiger charge is 2.45. The van der Waals surface area contributed by atoms with Crippen LogP contribution in [0.1, 0.15) is 38.5 Å². The Bertz CT molecular complexity index is 217. The summed E-state index contributed by atoms with van der Waals surface area (Å²) in [6, 6.07) is 0. The van der Waals surface area contributed by atoms with E-state index in [0.29, 0.717) is 6.42 Å². The second-order valence-corrected chi connectivity index (χ2v) is 4.91. The Hall–Kier alpha value is -0.570. The third-order valence-electron chi connectivity index (χ3n) is 3.49. The maximum absolute atomic E-state index is 10.7. The molecule has 1 aliphatic heterocycles. The van der Waals surface area contributed by atoms with Crippen LogP contribution in [0.2, 0.25) is 0 Å². The quantitative estimate of drug-likeness (QED) is 0.746. The molecule has 1 saturated heterocycles. The van der Waals surface area contributed by atoms with Gasteiger partial charge in [0.2, 0.25) is 0 Å². The second-order valence-electron chi connectivity index (χ2n) is 4.91. The summed E-state index contributed by atoms with van der Waals surface area (Å²) in [6.07, 6.45) is 6.56. The number of hydrogen-bond acceptors (Lipinski definition) is 2. The third kappa shape index (κ3) is 2.47.